The van der Waals surface area contributed by atoms with Gasteiger partial charge in [0.1, 0.15) is 5.76 Å². The first-order chi connectivity index (χ1) is 15.0. The van der Waals surface area contributed by atoms with Crippen molar-refractivity contribution in [1.82, 2.24) is 5.32 Å². The number of aryl methyl sites for hydroxylation is 1. The summed E-state index contributed by atoms with van der Waals surface area (Å²) in [7, 11) is 0. The van der Waals surface area contributed by atoms with Gasteiger partial charge in [0.2, 0.25) is 5.91 Å². The number of hydrogen-bond donors (Lipinski definition) is 2. The highest BCUT2D eigenvalue weighted by molar-refractivity contribution is 6.01. The molecule has 5 heteroatoms. The maximum Gasteiger partial charge on any atom is 0.222 e. The molecule has 0 atom stereocenters. The Morgan fingerprint density at radius 2 is 1.68 bits per heavy atom. The topological polar surface area (TPSA) is 70.9 Å². The summed E-state index contributed by atoms with van der Waals surface area (Å²) < 4.78 is 0. The van der Waals surface area contributed by atoms with Gasteiger partial charge in [-0.3, -0.25) is 4.79 Å². The van der Waals surface area contributed by atoms with E-state index in [9.17, 15) is 4.79 Å². The molecule has 31 heavy (non-hydrogen) atoms. The van der Waals surface area contributed by atoms with Crippen LogP contribution in [-0.4, -0.2) is 29.9 Å². The average molecular weight is 431 g/mol. The summed E-state index contributed by atoms with van der Waals surface area (Å²) in [5.41, 5.74) is 3.24. The molecule has 1 rings (SSSR count). The van der Waals surface area contributed by atoms with Crippen LogP contribution in [0, 0.1) is 5.92 Å². The summed E-state index contributed by atoms with van der Waals surface area (Å²) in [4.78, 5) is 16.8. The molecule has 0 saturated heterocycles. The fraction of sp³-hybridized carbons (Fsp3) is 0.615. The molecule has 0 fully saturated rings. The first-order valence-corrected chi connectivity index (χ1v) is 11.9. The van der Waals surface area contributed by atoms with Gasteiger partial charge in [0, 0.05) is 6.42 Å². The van der Waals surface area contributed by atoms with Crippen molar-refractivity contribution in [2.75, 3.05) is 13.2 Å². The van der Waals surface area contributed by atoms with Crippen LogP contribution in [0.5, 0.6) is 0 Å². The molecule has 1 amide bonds. The van der Waals surface area contributed by atoms with Crippen LogP contribution in [0.25, 0.3) is 0 Å². The molecule has 2 N–H and O–H groups in total. The Kier molecular flexibility index (Phi) is 14.3. The molecular weight excluding hydrogens is 388 g/mol. The predicted octanol–water partition coefficient (Wildman–Crippen LogP) is 5.76. The third-order valence-electron chi connectivity index (χ3n) is 5.21. The van der Waals surface area contributed by atoms with Gasteiger partial charge in [0.05, 0.1) is 18.9 Å². The lowest BCUT2D eigenvalue weighted by molar-refractivity contribution is -0.121. The van der Waals surface area contributed by atoms with Gasteiger partial charge >= 0.3 is 0 Å². The molecule has 0 heterocycles. The standard InChI is InChI=1S/C26H42N2O3/c1-5-6-7-8-9-10-11-12-13-23-14-16-24(17-15-23)26(21(2)3)28-31-22(4)20-27-25(30)18-19-29/h14-17,21,29H,4-13,18-20H2,1-3H3,(H,27,30)/b28-26+. The maximum absolute atomic E-state index is 11.4. The average Bonchev–Trinajstić information content (AvgIpc) is 2.75. The number of benzene rings is 1. The van der Waals surface area contributed by atoms with Crippen molar-refractivity contribution in [3.8, 4) is 0 Å². The molecule has 0 aliphatic carbocycles. The number of aliphatic hydroxyl groups is 1. The van der Waals surface area contributed by atoms with Gasteiger partial charge in [-0.05, 0) is 29.9 Å². The third kappa shape index (κ3) is 12.3. The first-order valence-electron chi connectivity index (χ1n) is 11.9. The van der Waals surface area contributed by atoms with Crippen molar-refractivity contribution < 1.29 is 14.7 Å². The number of nitrogens with zero attached hydrogens (tertiary/aromatic N) is 1. The molecule has 0 bridgehead atoms. The third-order valence-corrected chi connectivity index (χ3v) is 5.21. The molecule has 1 aromatic rings. The van der Waals surface area contributed by atoms with Crippen molar-refractivity contribution >= 4 is 11.6 Å². The summed E-state index contributed by atoms with van der Waals surface area (Å²) in [6.45, 7) is 10.2. The van der Waals surface area contributed by atoms with E-state index in [1.54, 1.807) is 0 Å². The lowest BCUT2D eigenvalue weighted by Gasteiger charge is -2.12. The molecule has 174 valence electrons. The van der Waals surface area contributed by atoms with Crippen LogP contribution < -0.4 is 5.32 Å². The lowest BCUT2D eigenvalue weighted by Crippen LogP contribution is -2.26. The van der Waals surface area contributed by atoms with Gasteiger partial charge in [-0.15, -0.1) is 0 Å². The normalized spacial score (nSPS) is 11.6. The van der Waals surface area contributed by atoms with Gasteiger partial charge in [0.25, 0.3) is 0 Å². The van der Waals surface area contributed by atoms with E-state index in [1.807, 2.05) is 0 Å². The second-order valence-corrected chi connectivity index (χ2v) is 8.43. The Morgan fingerprint density at radius 3 is 2.26 bits per heavy atom. The molecule has 0 unspecified atom stereocenters. The largest absolute Gasteiger partial charge is 0.396 e. The number of nitrogens with one attached hydrogen (secondary N) is 1. The van der Waals surface area contributed by atoms with Crippen LogP contribution in [0.2, 0.25) is 0 Å². The number of hydrogen-bond acceptors (Lipinski definition) is 4. The van der Waals surface area contributed by atoms with Crippen LogP contribution in [0.4, 0.5) is 0 Å². The number of unbranched alkanes of at least 4 members (excludes halogenated alkanes) is 7. The number of rotatable bonds is 17. The minimum absolute atomic E-state index is 0.0686. The van der Waals surface area contributed by atoms with Crippen molar-refractivity contribution in [2.45, 2.75) is 85.0 Å². The van der Waals surface area contributed by atoms with Crippen molar-refractivity contribution in [3.05, 3.63) is 47.7 Å². The van der Waals surface area contributed by atoms with Crippen molar-refractivity contribution in [1.29, 1.82) is 0 Å². The van der Waals surface area contributed by atoms with E-state index in [2.05, 4.69) is 62.1 Å². The number of oxime groups is 1. The highest BCUT2D eigenvalue weighted by Crippen LogP contribution is 2.15. The number of carbonyl (C=O) groups excluding carboxylic acids is 1. The Hall–Kier alpha value is -2.14. The monoisotopic (exact) mass is 430 g/mol. The number of carbonyl (C=O) groups is 1. The van der Waals surface area contributed by atoms with Crippen LogP contribution in [-0.2, 0) is 16.1 Å². The number of aliphatic hydroxyl groups excluding tert-OH is 1. The smallest absolute Gasteiger partial charge is 0.222 e. The second kappa shape index (κ2) is 16.5. The highest BCUT2D eigenvalue weighted by Gasteiger charge is 2.11. The van der Waals surface area contributed by atoms with Gasteiger partial charge < -0.3 is 15.3 Å². The fourth-order valence-electron chi connectivity index (χ4n) is 3.33. The van der Waals surface area contributed by atoms with E-state index in [1.165, 1.54) is 56.9 Å². The molecule has 0 aromatic heterocycles. The van der Waals surface area contributed by atoms with Crippen LogP contribution in [0.1, 0.15) is 89.7 Å². The molecule has 0 aliphatic rings. The molecule has 5 nitrogen and oxygen atoms in total. The van der Waals surface area contributed by atoms with E-state index in [0.717, 1.165) is 17.7 Å². The van der Waals surface area contributed by atoms with E-state index < -0.39 is 0 Å². The quantitative estimate of drug-likeness (QED) is 0.143. The number of amides is 1. The molecule has 1 aromatic carbocycles. The SMILES string of the molecule is C=C(CNC(=O)CCO)O/N=C(/c1ccc(CCCCCCCCCC)cc1)C(C)C. The Bertz CT molecular complexity index is 666. The molecule has 0 aliphatic heterocycles. The van der Waals surface area contributed by atoms with E-state index in [4.69, 9.17) is 9.94 Å². The lowest BCUT2D eigenvalue weighted by atomic mass is 9.97. The van der Waals surface area contributed by atoms with Gasteiger partial charge in [-0.1, -0.05) is 102 Å². The molecule has 0 saturated carbocycles. The van der Waals surface area contributed by atoms with Gasteiger partial charge in [-0.25, -0.2) is 0 Å². The zero-order valence-electron chi connectivity index (χ0n) is 19.8. The van der Waals surface area contributed by atoms with Gasteiger partial charge in [-0.2, -0.15) is 0 Å². The minimum atomic E-state index is -0.243. The molecule has 0 radical (unpaired) electrons. The summed E-state index contributed by atoms with van der Waals surface area (Å²) in [6, 6.07) is 8.57. The summed E-state index contributed by atoms with van der Waals surface area (Å²) in [5, 5.41) is 15.7. The minimum Gasteiger partial charge on any atom is -0.396 e. The Morgan fingerprint density at radius 1 is 1.06 bits per heavy atom. The van der Waals surface area contributed by atoms with Gasteiger partial charge in [0.15, 0.2) is 0 Å². The predicted molar refractivity (Wildman–Crippen MR) is 129 cm³/mol. The first kappa shape index (κ1) is 26.9. The van der Waals surface area contributed by atoms with Crippen LogP contribution in [0.15, 0.2) is 41.8 Å². The van der Waals surface area contributed by atoms with Crippen molar-refractivity contribution in [2.24, 2.45) is 11.1 Å². The summed E-state index contributed by atoms with van der Waals surface area (Å²) in [6.07, 6.45) is 11.9. The zero-order valence-corrected chi connectivity index (χ0v) is 19.8. The summed E-state index contributed by atoms with van der Waals surface area (Å²) in [5.74, 6) is 0.304. The second-order valence-electron chi connectivity index (χ2n) is 8.43. The van der Waals surface area contributed by atoms with E-state index in [0.29, 0.717) is 5.76 Å². The van der Waals surface area contributed by atoms with Crippen LogP contribution >= 0.6 is 0 Å². The van der Waals surface area contributed by atoms with E-state index in [-0.39, 0.29) is 31.4 Å². The highest BCUT2D eigenvalue weighted by atomic mass is 16.6. The maximum atomic E-state index is 11.4. The zero-order chi connectivity index (χ0) is 22.9. The Balaban J connectivity index is 2.46. The summed E-state index contributed by atoms with van der Waals surface area (Å²) >= 11 is 0. The van der Waals surface area contributed by atoms with Crippen molar-refractivity contribution in [3.63, 3.8) is 0 Å². The fourth-order valence-corrected chi connectivity index (χ4v) is 3.33. The Labute approximate surface area is 189 Å². The van der Waals surface area contributed by atoms with Crippen LogP contribution in [0.3, 0.4) is 0 Å². The van der Waals surface area contributed by atoms with E-state index >= 15 is 0 Å². The molecular formula is C26H42N2O3. The molecule has 0 spiro atoms.